The van der Waals surface area contributed by atoms with Crippen molar-refractivity contribution in [2.45, 2.75) is 19.8 Å². The summed E-state index contributed by atoms with van der Waals surface area (Å²) in [4.78, 5) is 33.3. The van der Waals surface area contributed by atoms with Crippen LogP contribution >= 0.6 is 0 Å². The van der Waals surface area contributed by atoms with Gasteiger partial charge in [-0.3, -0.25) is 14.4 Å². The molecule has 0 radical (unpaired) electrons. The monoisotopic (exact) mass is 228 g/mol. The topological polar surface area (TPSA) is 84.5 Å². The summed E-state index contributed by atoms with van der Waals surface area (Å²) in [6.07, 6.45) is 0.388. The third kappa shape index (κ3) is 3.88. The highest BCUT2D eigenvalue weighted by atomic mass is 16.5. The Hall–Kier alpha value is -1.59. The maximum atomic E-state index is 11.5. The zero-order chi connectivity index (χ0) is 12.0. The van der Waals surface area contributed by atoms with Crippen LogP contribution in [0, 0.1) is 5.92 Å². The summed E-state index contributed by atoms with van der Waals surface area (Å²) in [6, 6.07) is 0. The van der Waals surface area contributed by atoms with Crippen LogP contribution in [0.5, 0.6) is 0 Å². The molecule has 1 atom stereocenters. The first-order chi connectivity index (χ1) is 7.63. The predicted molar refractivity (Wildman–Crippen MR) is 55.4 cm³/mol. The van der Waals surface area contributed by atoms with Gasteiger partial charge in [-0.1, -0.05) is 0 Å². The Bertz CT molecular complexity index is 291. The number of carbonyl (C=O) groups is 3. The van der Waals surface area contributed by atoms with Crippen LogP contribution in [0.3, 0.4) is 0 Å². The summed E-state index contributed by atoms with van der Waals surface area (Å²) in [5, 5.41) is 5.18. The van der Waals surface area contributed by atoms with E-state index >= 15 is 0 Å². The van der Waals surface area contributed by atoms with E-state index in [1.54, 1.807) is 6.92 Å². The fraction of sp³-hybridized carbons (Fsp3) is 0.700. The molecule has 2 N–H and O–H groups in total. The van der Waals surface area contributed by atoms with Crippen LogP contribution in [0.2, 0.25) is 0 Å². The van der Waals surface area contributed by atoms with E-state index in [1.807, 2.05) is 0 Å². The number of esters is 1. The van der Waals surface area contributed by atoms with Crippen molar-refractivity contribution in [3.63, 3.8) is 0 Å². The molecule has 1 heterocycles. The standard InChI is InChI=1S/C10H16N2O4/c1-2-16-9(14)3-4-11-10(15)7-5-8(13)12-6-7/h7H,2-6H2,1H3,(H,11,15)(H,12,13). The highest BCUT2D eigenvalue weighted by Gasteiger charge is 2.27. The van der Waals surface area contributed by atoms with Crippen molar-refractivity contribution in [3.05, 3.63) is 0 Å². The summed E-state index contributed by atoms with van der Waals surface area (Å²) >= 11 is 0. The van der Waals surface area contributed by atoms with Gasteiger partial charge in [-0.25, -0.2) is 0 Å². The Morgan fingerprint density at radius 1 is 1.56 bits per heavy atom. The number of rotatable bonds is 5. The summed E-state index contributed by atoms with van der Waals surface area (Å²) in [5.74, 6) is -0.939. The molecule has 0 spiro atoms. The normalized spacial score (nSPS) is 19.1. The van der Waals surface area contributed by atoms with Crippen molar-refractivity contribution >= 4 is 17.8 Å². The van der Waals surface area contributed by atoms with Crippen LogP contribution in [-0.2, 0) is 19.1 Å². The third-order valence-corrected chi connectivity index (χ3v) is 2.28. The summed E-state index contributed by atoms with van der Waals surface area (Å²) in [6.45, 7) is 2.70. The molecule has 6 nitrogen and oxygen atoms in total. The molecule has 6 heteroatoms. The zero-order valence-electron chi connectivity index (χ0n) is 9.25. The molecule has 0 bridgehead atoms. The number of ether oxygens (including phenoxy) is 1. The molecule has 0 aromatic rings. The Kier molecular flexibility index (Phi) is 4.75. The lowest BCUT2D eigenvalue weighted by molar-refractivity contribution is -0.143. The van der Waals surface area contributed by atoms with Gasteiger partial charge in [0.2, 0.25) is 11.8 Å². The van der Waals surface area contributed by atoms with Gasteiger partial charge in [-0.2, -0.15) is 0 Å². The van der Waals surface area contributed by atoms with Crippen LogP contribution in [0.1, 0.15) is 19.8 Å². The number of nitrogens with one attached hydrogen (secondary N) is 2. The summed E-state index contributed by atoms with van der Waals surface area (Å²) in [7, 11) is 0. The fourth-order valence-electron chi connectivity index (χ4n) is 1.46. The highest BCUT2D eigenvalue weighted by molar-refractivity contribution is 5.89. The van der Waals surface area contributed by atoms with Gasteiger partial charge >= 0.3 is 5.97 Å². The molecular weight excluding hydrogens is 212 g/mol. The average molecular weight is 228 g/mol. The van der Waals surface area contributed by atoms with E-state index in [2.05, 4.69) is 10.6 Å². The third-order valence-electron chi connectivity index (χ3n) is 2.28. The number of carbonyl (C=O) groups excluding carboxylic acids is 3. The van der Waals surface area contributed by atoms with Crippen LogP contribution in [0.25, 0.3) is 0 Å². The van der Waals surface area contributed by atoms with E-state index < -0.39 is 0 Å². The maximum absolute atomic E-state index is 11.5. The van der Waals surface area contributed by atoms with E-state index in [0.29, 0.717) is 13.2 Å². The van der Waals surface area contributed by atoms with Gasteiger partial charge < -0.3 is 15.4 Å². The highest BCUT2D eigenvalue weighted by Crippen LogP contribution is 2.08. The molecule has 1 unspecified atom stereocenters. The van der Waals surface area contributed by atoms with E-state index in [1.165, 1.54) is 0 Å². The van der Waals surface area contributed by atoms with Crippen molar-refractivity contribution in [3.8, 4) is 0 Å². The molecule has 0 aliphatic carbocycles. The van der Waals surface area contributed by atoms with Gasteiger partial charge in [-0.15, -0.1) is 0 Å². The van der Waals surface area contributed by atoms with E-state index in [-0.39, 0.29) is 43.1 Å². The molecule has 0 saturated carbocycles. The number of amides is 2. The van der Waals surface area contributed by atoms with Gasteiger partial charge in [0, 0.05) is 19.5 Å². The summed E-state index contributed by atoms with van der Waals surface area (Å²) < 4.78 is 4.71. The molecule has 0 aromatic heterocycles. The van der Waals surface area contributed by atoms with Crippen LogP contribution in [0.4, 0.5) is 0 Å². The molecular formula is C10H16N2O4. The minimum atomic E-state index is -0.330. The first-order valence-electron chi connectivity index (χ1n) is 5.33. The fourth-order valence-corrected chi connectivity index (χ4v) is 1.46. The van der Waals surface area contributed by atoms with Crippen molar-refractivity contribution in [1.29, 1.82) is 0 Å². The van der Waals surface area contributed by atoms with Crippen LogP contribution < -0.4 is 10.6 Å². The van der Waals surface area contributed by atoms with Gasteiger partial charge in [0.25, 0.3) is 0 Å². The minimum absolute atomic E-state index is 0.106. The van der Waals surface area contributed by atoms with Crippen LogP contribution in [0.15, 0.2) is 0 Å². The molecule has 1 rings (SSSR count). The average Bonchev–Trinajstić information content (AvgIpc) is 2.65. The predicted octanol–water partition coefficient (Wildman–Crippen LogP) is -0.808. The largest absolute Gasteiger partial charge is 0.466 e. The molecule has 1 aliphatic heterocycles. The Balaban J connectivity index is 2.15. The molecule has 16 heavy (non-hydrogen) atoms. The van der Waals surface area contributed by atoms with E-state index in [4.69, 9.17) is 4.74 Å². The molecule has 1 saturated heterocycles. The molecule has 90 valence electrons. The molecule has 0 aromatic carbocycles. The second-order valence-electron chi connectivity index (χ2n) is 3.55. The first-order valence-corrected chi connectivity index (χ1v) is 5.33. The van der Waals surface area contributed by atoms with Gasteiger partial charge in [-0.05, 0) is 6.92 Å². The van der Waals surface area contributed by atoms with Crippen molar-refractivity contribution < 1.29 is 19.1 Å². The second-order valence-corrected chi connectivity index (χ2v) is 3.55. The Morgan fingerprint density at radius 3 is 2.88 bits per heavy atom. The van der Waals surface area contributed by atoms with Crippen molar-refractivity contribution in [1.82, 2.24) is 10.6 Å². The van der Waals surface area contributed by atoms with Crippen molar-refractivity contribution in [2.75, 3.05) is 19.7 Å². The zero-order valence-corrected chi connectivity index (χ0v) is 9.25. The summed E-state index contributed by atoms with van der Waals surface area (Å²) in [5.41, 5.74) is 0. The van der Waals surface area contributed by atoms with Gasteiger partial charge in [0.1, 0.15) is 0 Å². The smallest absolute Gasteiger partial charge is 0.307 e. The van der Waals surface area contributed by atoms with E-state index in [9.17, 15) is 14.4 Å². The first kappa shape index (κ1) is 12.5. The quantitative estimate of drug-likeness (QED) is 0.603. The second kappa shape index (κ2) is 6.09. The number of hydrogen-bond acceptors (Lipinski definition) is 4. The molecule has 2 amide bonds. The van der Waals surface area contributed by atoms with Crippen LogP contribution in [-0.4, -0.2) is 37.5 Å². The lowest BCUT2D eigenvalue weighted by Gasteiger charge is -2.08. The van der Waals surface area contributed by atoms with Gasteiger partial charge in [0.05, 0.1) is 18.9 Å². The Labute approximate surface area is 93.7 Å². The number of hydrogen-bond donors (Lipinski definition) is 2. The Morgan fingerprint density at radius 2 is 2.31 bits per heavy atom. The van der Waals surface area contributed by atoms with Gasteiger partial charge in [0.15, 0.2) is 0 Å². The van der Waals surface area contributed by atoms with Crippen molar-refractivity contribution in [2.24, 2.45) is 5.92 Å². The lowest BCUT2D eigenvalue weighted by atomic mass is 10.1. The minimum Gasteiger partial charge on any atom is -0.466 e. The lowest BCUT2D eigenvalue weighted by Crippen LogP contribution is -2.33. The SMILES string of the molecule is CCOC(=O)CCNC(=O)C1CNC(=O)C1. The van der Waals surface area contributed by atoms with E-state index in [0.717, 1.165) is 0 Å². The molecule has 1 fully saturated rings. The maximum Gasteiger partial charge on any atom is 0.307 e. The molecule has 1 aliphatic rings.